The number of hydrogen-bond acceptors (Lipinski definition) is 2. The van der Waals surface area contributed by atoms with E-state index in [-0.39, 0.29) is 0 Å². The van der Waals surface area contributed by atoms with Crippen molar-refractivity contribution in [2.75, 3.05) is 11.4 Å². The standard InChI is InChI=1S/C25H34N2/c1-2-4-6-14-20-25(26-21-15-7-5-3-1)27(24-18-12-9-13-19-24)22-23-16-10-8-11-17-23/h8-13,16-19H,1-7,14-15,20-22H2. The van der Waals surface area contributed by atoms with Gasteiger partial charge in [-0.05, 0) is 30.5 Å². The van der Waals surface area contributed by atoms with Gasteiger partial charge in [-0.15, -0.1) is 0 Å². The Morgan fingerprint density at radius 1 is 0.630 bits per heavy atom. The SMILES string of the molecule is c1ccc(CN(C2=NCCCCCCCCCCC2)c2ccccc2)cc1. The Bertz CT molecular complexity index is 663. The van der Waals surface area contributed by atoms with E-state index in [9.17, 15) is 0 Å². The summed E-state index contributed by atoms with van der Waals surface area (Å²) >= 11 is 0. The Morgan fingerprint density at radius 3 is 1.85 bits per heavy atom. The van der Waals surface area contributed by atoms with Crippen LogP contribution in [0.15, 0.2) is 65.7 Å². The van der Waals surface area contributed by atoms with Gasteiger partial charge in [0.15, 0.2) is 0 Å². The molecule has 3 rings (SSSR count). The van der Waals surface area contributed by atoms with Crippen molar-refractivity contribution in [3.63, 3.8) is 0 Å². The number of rotatable bonds is 3. The molecular weight excluding hydrogens is 328 g/mol. The molecular formula is C25H34N2. The van der Waals surface area contributed by atoms with Crippen molar-refractivity contribution < 1.29 is 0 Å². The van der Waals surface area contributed by atoms with Gasteiger partial charge in [0, 0.05) is 25.2 Å². The van der Waals surface area contributed by atoms with Gasteiger partial charge in [-0.2, -0.15) is 0 Å². The van der Waals surface area contributed by atoms with Crippen molar-refractivity contribution in [2.24, 2.45) is 4.99 Å². The quantitative estimate of drug-likeness (QED) is 0.573. The van der Waals surface area contributed by atoms with Crippen LogP contribution in [-0.2, 0) is 6.54 Å². The third kappa shape index (κ3) is 6.86. The molecule has 2 aromatic rings. The first-order chi connectivity index (χ1) is 13.4. The summed E-state index contributed by atoms with van der Waals surface area (Å²) in [7, 11) is 0. The molecule has 1 aliphatic rings. The lowest BCUT2D eigenvalue weighted by atomic mass is 10.1. The summed E-state index contributed by atoms with van der Waals surface area (Å²) < 4.78 is 0. The first kappa shape index (κ1) is 19.7. The molecule has 0 fully saturated rings. The Kier molecular flexibility index (Phi) is 8.44. The zero-order valence-corrected chi connectivity index (χ0v) is 16.7. The molecule has 0 saturated heterocycles. The number of hydrogen-bond donors (Lipinski definition) is 0. The summed E-state index contributed by atoms with van der Waals surface area (Å²) in [6, 6.07) is 21.6. The minimum atomic E-state index is 0.893. The summed E-state index contributed by atoms with van der Waals surface area (Å²) in [6.07, 6.45) is 13.2. The topological polar surface area (TPSA) is 15.6 Å². The molecule has 0 bridgehead atoms. The minimum Gasteiger partial charge on any atom is -0.326 e. The number of benzene rings is 2. The molecule has 0 radical (unpaired) electrons. The van der Waals surface area contributed by atoms with Crippen molar-refractivity contribution in [3.8, 4) is 0 Å². The van der Waals surface area contributed by atoms with Crippen LogP contribution >= 0.6 is 0 Å². The normalized spacial score (nSPS) is 17.1. The van der Waals surface area contributed by atoms with E-state index >= 15 is 0 Å². The van der Waals surface area contributed by atoms with Gasteiger partial charge in [-0.3, -0.25) is 4.99 Å². The van der Waals surface area contributed by atoms with Crippen LogP contribution in [0.5, 0.6) is 0 Å². The molecule has 0 aliphatic carbocycles. The minimum absolute atomic E-state index is 0.893. The lowest BCUT2D eigenvalue weighted by Crippen LogP contribution is -2.30. The fraction of sp³-hybridized carbons (Fsp3) is 0.480. The van der Waals surface area contributed by atoms with Crippen molar-refractivity contribution >= 4 is 11.5 Å². The van der Waals surface area contributed by atoms with Gasteiger partial charge in [0.2, 0.25) is 0 Å². The van der Waals surface area contributed by atoms with Gasteiger partial charge >= 0.3 is 0 Å². The fourth-order valence-corrected chi connectivity index (χ4v) is 3.85. The number of para-hydroxylation sites is 1. The van der Waals surface area contributed by atoms with E-state index in [0.717, 1.165) is 19.5 Å². The molecule has 2 aromatic carbocycles. The molecule has 0 saturated carbocycles. The maximum atomic E-state index is 5.10. The highest BCUT2D eigenvalue weighted by molar-refractivity contribution is 5.97. The number of anilines is 1. The lowest BCUT2D eigenvalue weighted by Gasteiger charge is -2.27. The summed E-state index contributed by atoms with van der Waals surface area (Å²) in [6.45, 7) is 1.86. The van der Waals surface area contributed by atoms with Crippen molar-refractivity contribution in [3.05, 3.63) is 66.2 Å². The molecule has 0 spiro atoms. The summed E-state index contributed by atoms with van der Waals surface area (Å²) in [4.78, 5) is 7.54. The van der Waals surface area contributed by atoms with Gasteiger partial charge < -0.3 is 4.90 Å². The van der Waals surface area contributed by atoms with Crippen LogP contribution < -0.4 is 4.90 Å². The summed E-state index contributed by atoms with van der Waals surface area (Å²) in [5.41, 5.74) is 2.59. The van der Waals surface area contributed by atoms with Crippen molar-refractivity contribution in [1.82, 2.24) is 0 Å². The predicted octanol–water partition coefficient (Wildman–Crippen LogP) is 7.01. The van der Waals surface area contributed by atoms with E-state index in [1.54, 1.807) is 0 Å². The van der Waals surface area contributed by atoms with Crippen LogP contribution in [0.1, 0.15) is 69.8 Å². The smallest absolute Gasteiger partial charge is 0.104 e. The largest absolute Gasteiger partial charge is 0.326 e. The van der Waals surface area contributed by atoms with E-state index in [2.05, 4.69) is 65.6 Å². The molecule has 0 amide bonds. The van der Waals surface area contributed by atoms with E-state index in [0.29, 0.717) is 0 Å². The van der Waals surface area contributed by atoms with E-state index < -0.39 is 0 Å². The van der Waals surface area contributed by atoms with Crippen molar-refractivity contribution in [2.45, 2.75) is 70.8 Å². The van der Waals surface area contributed by atoms with E-state index in [4.69, 9.17) is 4.99 Å². The van der Waals surface area contributed by atoms with Gasteiger partial charge in [0.1, 0.15) is 5.84 Å². The second kappa shape index (κ2) is 11.6. The van der Waals surface area contributed by atoms with Gasteiger partial charge in [0.25, 0.3) is 0 Å². The van der Waals surface area contributed by atoms with Crippen LogP contribution in [0, 0.1) is 0 Å². The number of amidine groups is 1. The van der Waals surface area contributed by atoms with Crippen LogP contribution in [-0.4, -0.2) is 12.4 Å². The third-order valence-corrected chi connectivity index (χ3v) is 5.42. The first-order valence-electron chi connectivity index (χ1n) is 10.8. The summed E-state index contributed by atoms with van der Waals surface area (Å²) in [5, 5.41) is 0. The zero-order chi connectivity index (χ0) is 18.6. The van der Waals surface area contributed by atoms with Gasteiger partial charge in [0.05, 0.1) is 0 Å². The Labute approximate surface area is 165 Å². The lowest BCUT2D eigenvalue weighted by molar-refractivity contribution is 0.567. The van der Waals surface area contributed by atoms with E-state index in [1.165, 1.54) is 74.9 Å². The fourth-order valence-electron chi connectivity index (χ4n) is 3.85. The average Bonchev–Trinajstić information content (AvgIpc) is 2.75. The predicted molar refractivity (Wildman–Crippen MR) is 118 cm³/mol. The van der Waals surface area contributed by atoms with Gasteiger partial charge in [-0.25, -0.2) is 0 Å². The Balaban J connectivity index is 1.80. The molecule has 0 unspecified atom stereocenters. The van der Waals surface area contributed by atoms with Crippen LogP contribution in [0.4, 0.5) is 5.69 Å². The van der Waals surface area contributed by atoms with Crippen LogP contribution in [0.25, 0.3) is 0 Å². The molecule has 144 valence electrons. The molecule has 27 heavy (non-hydrogen) atoms. The van der Waals surface area contributed by atoms with Crippen LogP contribution in [0.3, 0.4) is 0 Å². The molecule has 2 nitrogen and oxygen atoms in total. The Hall–Kier alpha value is -2.09. The maximum Gasteiger partial charge on any atom is 0.104 e. The highest BCUT2D eigenvalue weighted by Crippen LogP contribution is 2.21. The number of nitrogens with zero attached hydrogens (tertiary/aromatic N) is 2. The third-order valence-electron chi connectivity index (χ3n) is 5.42. The second-order valence-electron chi connectivity index (χ2n) is 7.64. The summed E-state index contributed by atoms with van der Waals surface area (Å²) in [5.74, 6) is 1.27. The van der Waals surface area contributed by atoms with Crippen LogP contribution in [0.2, 0.25) is 0 Å². The number of aliphatic imine (C=N–C) groups is 1. The molecule has 1 heterocycles. The average molecular weight is 363 g/mol. The first-order valence-corrected chi connectivity index (χ1v) is 10.8. The molecule has 2 heteroatoms. The highest BCUT2D eigenvalue weighted by Gasteiger charge is 2.14. The Morgan fingerprint density at radius 2 is 1.19 bits per heavy atom. The van der Waals surface area contributed by atoms with Gasteiger partial charge in [-0.1, -0.05) is 93.5 Å². The van der Waals surface area contributed by atoms with E-state index in [1.807, 2.05) is 0 Å². The molecule has 0 atom stereocenters. The second-order valence-corrected chi connectivity index (χ2v) is 7.64. The highest BCUT2D eigenvalue weighted by atomic mass is 15.2. The molecule has 0 N–H and O–H groups in total. The van der Waals surface area contributed by atoms with Crippen molar-refractivity contribution in [1.29, 1.82) is 0 Å². The maximum absolute atomic E-state index is 5.10. The molecule has 0 aromatic heterocycles. The zero-order valence-electron chi connectivity index (χ0n) is 16.7. The molecule has 1 aliphatic heterocycles. The monoisotopic (exact) mass is 362 g/mol.